The number of esters is 2. The SMILES string of the molecule is CCCCCCCCCCCCCCCC(=O)OC[C@H](COP(=O)([O-])OCC[N+](C)(C)C)OC(=O)CCC(O)/C=C/C(=O)O. The lowest BCUT2D eigenvalue weighted by atomic mass is 10.0. The summed E-state index contributed by atoms with van der Waals surface area (Å²) in [4.78, 5) is 47.3. The number of hydrogen-bond acceptors (Lipinski definition) is 10. The van der Waals surface area contributed by atoms with Crippen molar-refractivity contribution < 1.29 is 57.1 Å². The zero-order chi connectivity index (χ0) is 33.3. The minimum absolute atomic E-state index is 0.107. The van der Waals surface area contributed by atoms with Crippen molar-refractivity contribution in [2.75, 3.05) is 47.5 Å². The van der Waals surface area contributed by atoms with Gasteiger partial charge in [0, 0.05) is 18.9 Å². The summed E-state index contributed by atoms with van der Waals surface area (Å²) in [6.07, 6.45) is 14.5. The van der Waals surface area contributed by atoms with Gasteiger partial charge in [-0.2, -0.15) is 0 Å². The monoisotopic (exact) mass is 651 g/mol. The number of aliphatic hydroxyl groups excluding tert-OH is 1. The molecular weight excluding hydrogens is 593 g/mol. The molecule has 0 aliphatic rings. The van der Waals surface area contributed by atoms with Crippen molar-refractivity contribution >= 4 is 25.7 Å². The first-order valence-electron chi connectivity index (χ1n) is 16.1. The molecule has 0 saturated carbocycles. The first-order chi connectivity index (χ1) is 20.7. The van der Waals surface area contributed by atoms with E-state index in [-0.39, 0.29) is 25.9 Å². The van der Waals surface area contributed by atoms with Crippen molar-refractivity contribution in [3.8, 4) is 0 Å². The van der Waals surface area contributed by atoms with E-state index in [1.807, 2.05) is 21.1 Å². The summed E-state index contributed by atoms with van der Waals surface area (Å²) in [6, 6.07) is 0. The van der Waals surface area contributed by atoms with Crippen LogP contribution < -0.4 is 4.89 Å². The van der Waals surface area contributed by atoms with Gasteiger partial charge in [-0.3, -0.25) is 14.2 Å². The number of likely N-dealkylation sites (N-methyl/N-ethyl adjacent to an activating group) is 1. The maximum atomic E-state index is 12.3. The van der Waals surface area contributed by atoms with Crippen LogP contribution in [0.15, 0.2) is 12.2 Å². The minimum Gasteiger partial charge on any atom is -0.756 e. The molecule has 0 rings (SSSR count). The maximum absolute atomic E-state index is 12.3. The summed E-state index contributed by atoms with van der Waals surface area (Å²) >= 11 is 0. The molecule has 12 nitrogen and oxygen atoms in total. The van der Waals surface area contributed by atoms with Crippen LogP contribution in [-0.2, 0) is 37.5 Å². The molecule has 13 heteroatoms. The van der Waals surface area contributed by atoms with Crippen LogP contribution in [0, 0.1) is 0 Å². The molecule has 44 heavy (non-hydrogen) atoms. The second-order valence-corrected chi connectivity index (χ2v) is 13.6. The first-order valence-corrected chi connectivity index (χ1v) is 17.5. The molecule has 0 aliphatic carbocycles. The summed E-state index contributed by atoms with van der Waals surface area (Å²) in [6.45, 7) is 1.49. The quantitative estimate of drug-likeness (QED) is 0.0370. The van der Waals surface area contributed by atoms with Crippen molar-refractivity contribution in [2.45, 2.75) is 122 Å². The Morgan fingerprint density at radius 2 is 1.36 bits per heavy atom. The number of phosphoric acid groups is 1. The van der Waals surface area contributed by atoms with Crippen LogP contribution in [0.3, 0.4) is 0 Å². The van der Waals surface area contributed by atoms with Crippen molar-refractivity contribution in [3.05, 3.63) is 12.2 Å². The Morgan fingerprint density at radius 3 is 1.89 bits per heavy atom. The highest BCUT2D eigenvalue weighted by molar-refractivity contribution is 7.45. The number of carboxylic acids is 1. The van der Waals surface area contributed by atoms with Gasteiger partial charge < -0.3 is 38.1 Å². The number of carboxylic acid groups (broad SMARTS) is 1. The van der Waals surface area contributed by atoms with Gasteiger partial charge in [-0.1, -0.05) is 84.0 Å². The van der Waals surface area contributed by atoms with E-state index in [1.54, 1.807) is 0 Å². The molecule has 2 unspecified atom stereocenters. The predicted octanol–water partition coefficient (Wildman–Crippen LogP) is 4.91. The molecule has 3 atom stereocenters. The van der Waals surface area contributed by atoms with Gasteiger partial charge in [0.1, 0.15) is 19.8 Å². The molecule has 0 aliphatic heterocycles. The summed E-state index contributed by atoms with van der Waals surface area (Å²) in [5.74, 6) is -2.54. The predicted molar refractivity (Wildman–Crippen MR) is 166 cm³/mol. The number of phosphoric ester groups is 1. The van der Waals surface area contributed by atoms with E-state index in [0.717, 1.165) is 31.4 Å². The lowest BCUT2D eigenvalue weighted by Crippen LogP contribution is -2.37. The molecule has 0 bridgehead atoms. The molecule has 0 spiro atoms. The molecule has 258 valence electrons. The van der Waals surface area contributed by atoms with Gasteiger partial charge in [0.05, 0.1) is 33.9 Å². The molecule has 0 saturated heterocycles. The molecular formula is C31H58NO11P. The number of aliphatic hydroxyl groups is 1. The third-order valence-electron chi connectivity index (χ3n) is 6.75. The third-order valence-corrected chi connectivity index (χ3v) is 7.71. The number of ether oxygens (including phenoxy) is 2. The molecule has 0 aromatic rings. The number of quaternary nitrogens is 1. The van der Waals surface area contributed by atoms with Crippen LogP contribution in [0.1, 0.15) is 110 Å². The van der Waals surface area contributed by atoms with Crippen LogP contribution in [0.2, 0.25) is 0 Å². The fraction of sp³-hybridized carbons (Fsp3) is 0.839. The van der Waals surface area contributed by atoms with Crippen LogP contribution >= 0.6 is 7.82 Å². The molecule has 0 amide bonds. The first kappa shape index (κ1) is 42.2. The fourth-order valence-corrected chi connectivity index (χ4v) is 4.83. The normalized spacial score (nSPS) is 14.7. The van der Waals surface area contributed by atoms with Gasteiger partial charge in [-0.25, -0.2) is 4.79 Å². The van der Waals surface area contributed by atoms with E-state index >= 15 is 0 Å². The average Bonchev–Trinajstić information content (AvgIpc) is 2.93. The molecule has 0 radical (unpaired) electrons. The second-order valence-electron chi connectivity index (χ2n) is 12.2. The minimum atomic E-state index is -4.71. The number of nitrogens with zero attached hydrogens (tertiary/aromatic N) is 1. The van der Waals surface area contributed by atoms with Crippen molar-refractivity contribution in [1.82, 2.24) is 0 Å². The van der Waals surface area contributed by atoms with E-state index < -0.39 is 51.2 Å². The van der Waals surface area contributed by atoms with Crippen LogP contribution in [0.25, 0.3) is 0 Å². The number of rotatable bonds is 29. The number of hydrogen-bond donors (Lipinski definition) is 2. The summed E-state index contributed by atoms with van der Waals surface area (Å²) < 4.78 is 32.9. The van der Waals surface area contributed by atoms with Crippen molar-refractivity contribution in [3.63, 3.8) is 0 Å². The highest BCUT2D eigenvalue weighted by Crippen LogP contribution is 2.38. The molecule has 0 aromatic heterocycles. The molecule has 0 heterocycles. The standard InChI is InChI=1S/C31H58NO11P/c1-5-6-7-8-9-10-11-12-13-14-15-16-17-18-30(36)40-25-28(26-42-44(38,39)41-24-23-32(2,3)4)43-31(37)22-20-27(33)19-21-29(34)35/h19,21,27-28,33H,5-18,20,22-26H2,1-4H3,(H-,34,35,38,39)/b21-19+/t27?,28-/m1/s1. The smallest absolute Gasteiger partial charge is 0.328 e. The molecule has 0 aromatic carbocycles. The van der Waals surface area contributed by atoms with Crippen LogP contribution in [0.4, 0.5) is 0 Å². The zero-order valence-corrected chi connectivity index (χ0v) is 28.3. The number of unbranched alkanes of at least 4 members (excludes halogenated alkanes) is 12. The second kappa shape index (κ2) is 25.4. The Morgan fingerprint density at radius 1 is 0.818 bits per heavy atom. The fourth-order valence-electron chi connectivity index (χ4n) is 4.10. The summed E-state index contributed by atoms with van der Waals surface area (Å²) in [7, 11) is 0.900. The lowest BCUT2D eigenvalue weighted by molar-refractivity contribution is -0.870. The van der Waals surface area contributed by atoms with Gasteiger partial charge in [-0.05, 0) is 18.9 Å². The Hall–Kier alpha value is -1.82. The van der Waals surface area contributed by atoms with E-state index in [0.29, 0.717) is 17.4 Å². The Balaban J connectivity index is 4.52. The lowest BCUT2D eigenvalue weighted by Gasteiger charge is -2.28. The third kappa shape index (κ3) is 28.9. The highest BCUT2D eigenvalue weighted by Gasteiger charge is 2.22. The Kier molecular flexibility index (Phi) is 24.3. The van der Waals surface area contributed by atoms with Crippen LogP contribution in [-0.4, -0.2) is 92.3 Å². The van der Waals surface area contributed by atoms with E-state index in [4.69, 9.17) is 23.6 Å². The van der Waals surface area contributed by atoms with Gasteiger partial charge in [0.2, 0.25) is 0 Å². The number of carbonyl (C=O) groups excluding carboxylic acids is 2. The van der Waals surface area contributed by atoms with E-state index in [2.05, 4.69) is 6.92 Å². The number of aliphatic carboxylic acids is 1. The van der Waals surface area contributed by atoms with Crippen molar-refractivity contribution in [2.24, 2.45) is 0 Å². The summed E-state index contributed by atoms with van der Waals surface area (Å²) in [5, 5.41) is 18.4. The van der Waals surface area contributed by atoms with Gasteiger partial charge in [-0.15, -0.1) is 0 Å². The van der Waals surface area contributed by atoms with Gasteiger partial charge >= 0.3 is 17.9 Å². The Bertz CT molecular complexity index is 860. The molecule has 2 N–H and O–H groups in total. The van der Waals surface area contributed by atoms with Crippen LogP contribution in [0.5, 0.6) is 0 Å². The van der Waals surface area contributed by atoms with Gasteiger partial charge in [0.15, 0.2) is 6.10 Å². The molecule has 0 fully saturated rings. The van der Waals surface area contributed by atoms with Crippen molar-refractivity contribution in [1.29, 1.82) is 0 Å². The summed E-state index contributed by atoms with van der Waals surface area (Å²) in [5.41, 5.74) is 0. The van der Waals surface area contributed by atoms with E-state index in [1.165, 1.54) is 57.8 Å². The number of carbonyl (C=O) groups is 3. The Labute approximate surface area is 264 Å². The average molecular weight is 652 g/mol. The highest BCUT2D eigenvalue weighted by atomic mass is 31.2. The largest absolute Gasteiger partial charge is 0.756 e. The van der Waals surface area contributed by atoms with E-state index in [9.17, 15) is 28.9 Å². The maximum Gasteiger partial charge on any atom is 0.328 e. The zero-order valence-electron chi connectivity index (χ0n) is 27.4. The van der Waals surface area contributed by atoms with Gasteiger partial charge in [0.25, 0.3) is 7.82 Å². The topological polar surface area (TPSA) is 169 Å².